The van der Waals surface area contributed by atoms with Crippen LogP contribution >= 0.6 is 0 Å². The molecule has 4 N–H and O–H groups in total. The number of carbonyl (C=O) groups is 2. The Morgan fingerprint density at radius 2 is 1.21 bits per heavy atom. The lowest BCUT2D eigenvalue weighted by Crippen LogP contribution is -2.39. The minimum Gasteiger partial charge on any atom is -0.493 e. The molecule has 14 nitrogen and oxygen atoms in total. The Bertz CT molecular complexity index is 2050. The van der Waals surface area contributed by atoms with Crippen molar-refractivity contribution >= 4 is 11.9 Å². The molecule has 0 radical (unpaired) electrons. The summed E-state index contributed by atoms with van der Waals surface area (Å²) in [4.78, 5) is 24.4. The third kappa shape index (κ3) is 8.19. The van der Waals surface area contributed by atoms with Gasteiger partial charge in [0.05, 0.1) is 28.4 Å². The molecule has 0 saturated carbocycles. The Labute approximate surface area is 325 Å². The number of ether oxygens (including phenoxy) is 6. The van der Waals surface area contributed by atoms with E-state index < -0.39 is 24.1 Å². The molecule has 4 aliphatic heterocycles. The second-order valence-corrected chi connectivity index (χ2v) is 14.0. The van der Waals surface area contributed by atoms with E-state index in [0.29, 0.717) is 40.2 Å². The minimum absolute atomic E-state index is 0.000437. The summed E-state index contributed by atoms with van der Waals surface area (Å²) in [5.41, 5.74) is 7.15. The number of hydrogen-bond donors (Lipinski definition) is 4. The standard InChI is InChI=1S/C38H42N2O6.C4H6O6/c1-39-15-13-25-20-32(42-4)34-22-28(25)29(39)17-23-7-10-27(11-8-23)45-33-19-24(9-12-31(33)41-3)18-30-36-26(14-16-40(30)2)21-35(43-5)37(44-6)38(36)46-34;5-1(3(7)8)2(6)4(9)10/h7-12,19-22,29-30H,13-18H2,1-6H3;1-2,5-6H,(H,7,8)(H,9,10)/t29-,30-;/m0./s1. The van der Waals surface area contributed by atoms with Crippen molar-refractivity contribution < 1.29 is 58.4 Å². The second kappa shape index (κ2) is 17.1. The van der Waals surface area contributed by atoms with Crippen LogP contribution in [0, 0.1) is 0 Å². The van der Waals surface area contributed by atoms with Crippen molar-refractivity contribution in [2.24, 2.45) is 0 Å². The van der Waals surface area contributed by atoms with Crippen molar-refractivity contribution in [3.8, 4) is 46.0 Å². The number of methoxy groups -OCH3 is 4. The van der Waals surface area contributed by atoms with E-state index in [1.54, 1.807) is 28.4 Å². The molecule has 0 amide bonds. The number of hydrogen-bond acceptors (Lipinski definition) is 12. The molecule has 4 heterocycles. The van der Waals surface area contributed by atoms with Crippen LogP contribution in [-0.2, 0) is 35.3 Å². The maximum Gasteiger partial charge on any atom is 0.335 e. The summed E-state index contributed by atoms with van der Waals surface area (Å²) < 4.78 is 37.1. The number of fused-ring (bicyclic) bond motifs is 2. The average Bonchev–Trinajstić information content (AvgIpc) is 3.19. The van der Waals surface area contributed by atoms with E-state index in [1.165, 1.54) is 22.3 Å². The highest BCUT2D eigenvalue weighted by Gasteiger charge is 2.35. The van der Waals surface area contributed by atoms with Crippen LogP contribution in [0.25, 0.3) is 0 Å². The summed E-state index contributed by atoms with van der Waals surface area (Å²) in [6.07, 6.45) is -1.16. The van der Waals surface area contributed by atoms with E-state index in [1.807, 2.05) is 18.2 Å². The van der Waals surface area contributed by atoms with Gasteiger partial charge in [-0.05, 0) is 110 Å². The quantitative estimate of drug-likeness (QED) is 0.197. The van der Waals surface area contributed by atoms with Gasteiger partial charge in [0.15, 0.2) is 46.7 Å². The van der Waals surface area contributed by atoms with Crippen LogP contribution in [0.5, 0.6) is 46.0 Å². The van der Waals surface area contributed by atoms with Gasteiger partial charge in [-0.15, -0.1) is 0 Å². The maximum atomic E-state index is 9.77. The van der Waals surface area contributed by atoms with Crippen LogP contribution < -0.4 is 28.4 Å². The zero-order valence-corrected chi connectivity index (χ0v) is 32.3. The SMILES string of the molecule is COc1ccc2cc1Oc1ccc(cc1)C[C@H]1c3cc(c(OC)cc3CCN1C)Oc1c(OC)c(OC)cc3c1[C@H](C2)N(C)CC3.O=C(O)C(O)C(O)C(=O)O. The van der Waals surface area contributed by atoms with E-state index in [0.717, 1.165) is 55.6 Å². The predicted octanol–water partition coefficient (Wildman–Crippen LogP) is 5.04. The van der Waals surface area contributed by atoms with Crippen LogP contribution in [0.3, 0.4) is 0 Å². The molecule has 298 valence electrons. The topological polar surface area (TPSA) is 177 Å². The van der Waals surface area contributed by atoms with Gasteiger partial charge in [-0.25, -0.2) is 9.59 Å². The summed E-state index contributed by atoms with van der Waals surface area (Å²) >= 11 is 0. The van der Waals surface area contributed by atoms with Crippen LogP contribution in [-0.4, -0.2) is 110 Å². The van der Waals surface area contributed by atoms with Crippen molar-refractivity contribution in [1.82, 2.24) is 9.80 Å². The Morgan fingerprint density at radius 1 is 0.661 bits per heavy atom. The van der Waals surface area contributed by atoms with Gasteiger partial charge >= 0.3 is 11.9 Å². The van der Waals surface area contributed by atoms with Gasteiger partial charge < -0.3 is 48.8 Å². The van der Waals surface area contributed by atoms with Gasteiger partial charge in [0.1, 0.15) is 5.75 Å². The Morgan fingerprint density at radius 3 is 1.82 bits per heavy atom. The number of carboxylic acids is 2. The molecule has 0 aliphatic carbocycles. The molecule has 0 fully saturated rings. The highest BCUT2D eigenvalue weighted by atomic mass is 16.5. The monoisotopic (exact) mass is 772 g/mol. The maximum absolute atomic E-state index is 9.77. The Hall–Kier alpha value is -5.54. The fraction of sp³-hybridized carbons (Fsp3) is 0.381. The van der Waals surface area contributed by atoms with E-state index in [2.05, 4.69) is 66.4 Å². The number of carboxylic acid groups (broad SMARTS) is 2. The fourth-order valence-corrected chi connectivity index (χ4v) is 7.55. The molecule has 0 spiro atoms. The summed E-state index contributed by atoms with van der Waals surface area (Å²) in [6, 6.07) is 21.2. The number of likely N-dealkylation sites (N-methyl/N-ethyl adjacent to an activating group) is 2. The second-order valence-electron chi connectivity index (χ2n) is 14.0. The van der Waals surface area contributed by atoms with Crippen LogP contribution in [0.15, 0.2) is 60.7 Å². The van der Waals surface area contributed by atoms with Crippen molar-refractivity contribution in [3.63, 3.8) is 0 Å². The molecule has 6 bridgehead atoms. The summed E-state index contributed by atoms with van der Waals surface area (Å²) in [5.74, 6) is 1.87. The number of aliphatic carboxylic acids is 2. The van der Waals surface area contributed by atoms with E-state index in [4.69, 9.17) is 48.8 Å². The Kier molecular flexibility index (Phi) is 12.2. The summed E-state index contributed by atoms with van der Waals surface area (Å²) in [6.45, 7) is 1.86. The lowest BCUT2D eigenvalue weighted by molar-refractivity contribution is -0.165. The molecule has 4 aromatic rings. The molecule has 8 rings (SSSR count). The third-order valence-corrected chi connectivity index (χ3v) is 10.7. The molecule has 14 heteroatoms. The predicted molar refractivity (Wildman–Crippen MR) is 205 cm³/mol. The van der Waals surface area contributed by atoms with Crippen molar-refractivity contribution in [2.75, 3.05) is 55.6 Å². The summed E-state index contributed by atoms with van der Waals surface area (Å²) in [5, 5.41) is 32.5. The van der Waals surface area contributed by atoms with E-state index >= 15 is 0 Å². The number of nitrogens with zero attached hydrogens (tertiary/aromatic N) is 2. The highest BCUT2D eigenvalue weighted by molar-refractivity contribution is 5.83. The smallest absolute Gasteiger partial charge is 0.335 e. The number of benzene rings is 4. The van der Waals surface area contributed by atoms with E-state index in [-0.39, 0.29) is 12.1 Å². The first-order chi connectivity index (χ1) is 26.9. The molecular weight excluding hydrogens is 724 g/mol. The normalized spacial score (nSPS) is 18.6. The largest absolute Gasteiger partial charge is 0.493 e. The Balaban J connectivity index is 0.000000470. The molecule has 4 aliphatic rings. The van der Waals surface area contributed by atoms with Gasteiger partial charge in [-0.2, -0.15) is 0 Å². The van der Waals surface area contributed by atoms with Crippen LogP contribution in [0.1, 0.15) is 45.5 Å². The molecule has 0 aromatic heterocycles. The summed E-state index contributed by atoms with van der Waals surface area (Å²) in [7, 11) is 11.1. The third-order valence-electron chi connectivity index (χ3n) is 10.7. The number of aliphatic hydroxyl groups excluding tert-OH is 2. The lowest BCUT2D eigenvalue weighted by Gasteiger charge is -2.37. The van der Waals surface area contributed by atoms with Crippen LogP contribution in [0.4, 0.5) is 0 Å². The van der Waals surface area contributed by atoms with Gasteiger partial charge in [-0.3, -0.25) is 9.80 Å². The minimum atomic E-state index is -2.27. The molecule has 2 unspecified atom stereocenters. The van der Waals surface area contributed by atoms with Crippen molar-refractivity contribution in [2.45, 2.75) is 50.0 Å². The zero-order valence-electron chi connectivity index (χ0n) is 32.3. The lowest BCUT2D eigenvalue weighted by atomic mass is 9.87. The van der Waals surface area contributed by atoms with Gasteiger partial charge in [0.25, 0.3) is 0 Å². The van der Waals surface area contributed by atoms with Gasteiger partial charge in [0, 0.05) is 30.7 Å². The molecule has 4 atom stereocenters. The zero-order chi connectivity index (χ0) is 40.3. The van der Waals surface area contributed by atoms with Crippen molar-refractivity contribution in [3.05, 3.63) is 94.0 Å². The molecular formula is C42H48N2O12. The van der Waals surface area contributed by atoms with Crippen LogP contribution in [0.2, 0.25) is 0 Å². The average molecular weight is 773 g/mol. The van der Waals surface area contributed by atoms with E-state index in [9.17, 15) is 9.59 Å². The number of rotatable bonds is 7. The fourth-order valence-electron chi connectivity index (χ4n) is 7.55. The first-order valence-electron chi connectivity index (χ1n) is 18.2. The number of aliphatic hydroxyl groups is 2. The first kappa shape index (κ1) is 40.1. The molecule has 56 heavy (non-hydrogen) atoms. The highest BCUT2D eigenvalue weighted by Crippen LogP contribution is 2.52. The molecule has 0 saturated heterocycles. The first-order valence-corrected chi connectivity index (χ1v) is 18.2. The van der Waals surface area contributed by atoms with Gasteiger partial charge in [0.2, 0.25) is 5.75 Å². The van der Waals surface area contributed by atoms with Crippen molar-refractivity contribution in [1.29, 1.82) is 0 Å². The molecule has 4 aromatic carbocycles. The van der Waals surface area contributed by atoms with Gasteiger partial charge in [-0.1, -0.05) is 18.2 Å².